The Bertz CT molecular complexity index is 1530. The highest BCUT2D eigenvalue weighted by Crippen LogP contribution is 2.33. The molecular weight excluding hydrogens is 498 g/mol. The van der Waals surface area contributed by atoms with Gasteiger partial charge in [-0.2, -0.15) is 0 Å². The zero-order chi connectivity index (χ0) is 27.3. The number of hydrogen-bond acceptors (Lipinski definition) is 6. The number of rotatable bonds is 7. The van der Waals surface area contributed by atoms with Crippen LogP contribution >= 0.6 is 0 Å². The summed E-state index contributed by atoms with van der Waals surface area (Å²) in [6.45, 7) is 2.09. The van der Waals surface area contributed by atoms with Crippen LogP contribution < -0.4 is 20.7 Å². The highest BCUT2D eigenvalue weighted by Gasteiger charge is 2.50. The number of nitrogens with one attached hydrogen (secondary N) is 3. The molecule has 2 aliphatic heterocycles. The lowest BCUT2D eigenvalue weighted by Crippen LogP contribution is -2.52. The summed E-state index contributed by atoms with van der Waals surface area (Å²) in [5, 5.41) is 8.08. The number of ether oxygens (including phenoxy) is 1. The monoisotopic (exact) mass is 525 g/mol. The Hall–Kier alpha value is -4.73. The molecule has 0 unspecified atom stereocenters. The number of urea groups is 1. The number of carbonyl (C=O) groups excluding carboxylic acids is 4. The first kappa shape index (κ1) is 24.6. The number of fused-ring (bicyclic) bond motifs is 1. The van der Waals surface area contributed by atoms with E-state index in [-0.39, 0.29) is 24.4 Å². The van der Waals surface area contributed by atoms with Gasteiger partial charge in [-0.15, -0.1) is 0 Å². The minimum Gasteiger partial charge on any atom is -0.497 e. The summed E-state index contributed by atoms with van der Waals surface area (Å²) < 4.78 is 5.25. The van der Waals surface area contributed by atoms with E-state index in [0.717, 1.165) is 24.0 Å². The van der Waals surface area contributed by atoms with Crippen molar-refractivity contribution in [2.45, 2.75) is 37.9 Å². The molecule has 3 aromatic rings. The number of amides is 5. The number of imide groups is 1. The van der Waals surface area contributed by atoms with Gasteiger partial charge in [-0.3, -0.25) is 24.7 Å². The lowest BCUT2D eigenvalue weighted by molar-refractivity contribution is -0.124. The van der Waals surface area contributed by atoms with E-state index in [1.54, 1.807) is 53.4 Å². The fourth-order valence-corrected chi connectivity index (χ4v) is 5.15. The van der Waals surface area contributed by atoms with Crippen molar-refractivity contribution in [2.24, 2.45) is 0 Å². The molecule has 1 aliphatic carbocycles. The molecule has 3 N–H and O–H groups in total. The van der Waals surface area contributed by atoms with E-state index >= 15 is 0 Å². The Labute approximate surface area is 224 Å². The van der Waals surface area contributed by atoms with Crippen molar-refractivity contribution in [3.05, 3.63) is 82.5 Å². The van der Waals surface area contributed by atoms with Crippen molar-refractivity contribution in [1.82, 2.24) is 25.8 Å². The molecular formula is C29H27N5O5. The predicted octanol–water partition coefficient (Wildman–Crippen LogP) is 2.65. The first-order valence-electron chi connectivity index (χ1n) is 12.8. The number of benzene rings is 2. The van der Waals surface area contributed by atoms with Gasteiger partial charge in [0.2, 0.25) is 0 Å². The fraction of sp³-hybridized carbons (Fsp3) is 0.276. The number of carbonyl (C=O) groups is 4. The maximum Gasteiger partial charge on any atom is 0.322 e. The quantitative estimate of drug-likeness (QED) is 0.407. The third-order valence-corrected chi connectivity index (χ3v) is 7.37. The van der Waals surface area contributed by atoms with Gasteiger partial charge in [0.1, 0.15) is 5.75 Å². The van der Waals surface area contributed by atoms with Crippen LogP contribution in [0.5, 0.6) is 5.75 Å². The van der Waals surface area contributed by atoms with Crippen LogP contribution in [0.25, 0.3) is 11.3 Å². The fourth-order valence-electron chi connectivity index (χ4n) is 5.15. The van der Waals surface area contributed by atoms with Gasteiger partial charge in [0, 0.05) is 35.0 Å². The summed E-state index contributed by atoms with van der Waals surface area (Å²) in [6.07, 6.45) is 2.00. The van der Waals surface area contributed by atoms with Crippen LogP contribution in [0.4, 0.5) is 4.79 Å². The molecule has 6 rings (SSSR count). The summed E-state index contributed by atoms with van der Waals surface area (Å²) in [7, 11) is 1.53. The van der Waals surface area contributed by atoms with Gasteiger partial charge in [-0.1, -0.05) is 30.3 Å². The van der Waals surface area contributed by atoms with E-state index < -0.39 is 17.5 Å². The molecule has 5 amide bonds. The van der Waals surface area contributed by atoms with E-state index in [4.69, 9.17) is 4.74 Å². The van der Waals surface area contributed by atoms with Gasteiger partial charge in [0.15, 0.2) is 5.54 Å². The summed E-state index contributed by atoms with van der Waals surface area (Å²) in [5.74, 6) is -0.331. The smallest absolute Gasteiger partial charge is 0.322 e. The highest BCUT2D eigenvalue weighted by atomic mass is 16.5. The molecule has 198 valence electrons. The number of aromatic nitrogens is 1. The standard InChI is InChI=1S/C29H27N5O5/c1-16-11-19(25(35)31-21-8-9-21)12-24(30-16)17-3-6-20(7-4-17)29(27(37)32-28(38)33-29)15-34-14-18-5-10-22(39-2)13-23(18)26(34)36/h3-7,10-13,21H,8-9,14-15H2,1-2H3,(H,31,35)(H2,32,33,37,38)/t29-/m0/s1. The van der Waals surface area contributed by atoms with E-state index in [0.29, 0.717) is 40.4 Å². The van der Waals surface area contributed by atoms with E-state index in [9.17, 15) is 19.2 Å². The summed E-state index contributed by atoms with van der Waals surface area (Å²) in [6, 6.07) is 15.5. The molecule has 1 saturated carbocycles. The van der Waals surface area contributed by atoms with E-state index in [1.807, 2.05) is 13.0 Å². The second-order valence-electron chi connectivity index (χ2n) is 10.2. The van der Waals surface area contributed by atoms with Crippen molar-refractivity contribution in [3.63, 3.8) is 0 Å². The maximum atomic E-state index is 13.2. The topological polar surface area (TPSA) is 130 Å². The molecule has 3 heterocycles. The van der Waals surface area contributed by atoms with Crippen molar-refractivity contribution < 1.29 is 23.9 Å². The Morgan fingerprint density at radius 1 is 1.10 bits per heavy atom. The average molecular weight is 526 g/mol. The van der Waals surface area contributed by atoms with Gasteiger partial charge in [-0.25, -0.2) is 4.79 Å². The molecule has 0 bridgehead atoms. The maximum absolute atomic E-state index is 13.2. The van der Waals surface area contributed by atoms with Gasteiger partial charge in [-0.05, 0) is 55.2 Å². The first-order chi connectivity index (χ1) is 18.8. The molecule has 1 atom stereocenters. The van der Waals surface area contributed by atoms with Gasteiger partial charge in [0.05, 0.1) is 19.3 Å². The Balaban J connectivity index is 1.29. The minimum atomic E-state index is -1.47. The second-order valence-corrected chi connectivity index (χ2v) is 10.2. The Morgan fingerprint density at radius 3 is 2.54 bits per heavy atom. The van der Waals surface area contributed by atoms with Gasteiger partial charge in [0.25, 0.3) is 17.7 Å². The van der Waals surface area contributed by atoms with Crippen LogP contribution in [0.2, 0.25) is 0 Å². The third-order valence-electron chi connectivity index (χ3n) is 7.37. The number of pyridine rings is 1. The largest absolute Gasteiger partial charge is 0.497 e. The molecule has 1 aromatic heterocycles. The van der Waals surface area contributed by atoms with Crippen molar-refractivity contribution >= 4 is 23.8 Å². The lowest BCUT2D eigenvalue weighted by atomic mass is 9.88. The van der Waals surface area contributed by atoms with E-state index in [2.05, 4.69) is 20.9 Å². The molecule has 3 aliphatic rings. The summed E-state index contributed by atoms with van der Waals surface area (Å²) >= 11 is 0. The van der Waals surface area contributed by atoms with Crippen molar-refractivity contribution in [2.75, 3.05) is 13.7 Å². The molecule has 10 nitrogen and oxygen atoms in total. The summed E-state index contributed by atoms with van der Waals surface area (Å²) in [4.78, 5) is 57.5. The predicted molar refractivity (Wildman–Crippen MR) is 141 cm³/mol. The molecule has 2 fully saturated rings. The highest BCUT2D eigenvalue weighted by molar-refractivity contribution is 6.08. The average Bonchev–Trinajstić information content (AvgIpc) is 3.63. The van der Waals surface area contributed by atoms with Crippen LogP contribution in [0.1, 0.15) is 50.4 Å². The molecule has 2 aromatic carbocycles. The van der Waals surface area contributed by atoms with Crippen LogP contribution in [0.3, 0.4) is 0 Å². The van der Waals surface area contributed by atoms with Crippen LogP contribution in [-0.2, 0) is 16.9 Å². The molecule has 10 heteroatoms. The van der Waals surface area contributed by atoms with Crippen LogP contribution in [0.15, 0.2) is 54.6 Å². The second kappa shape index (κ2) is 9.23. The van der Waals surface area contributed by atoms with E-state index in [1.165, 1.54) is 7.11 Å². The third kappa shape index (κ3) is 4.47. The normalized spacial score (nSPS) is 19.9. The lowest BCUT2D eigenvalue weighted by Gasteiger charge is -2.31. The molecule has 0 spiro atoms. The number of methoxy groups -OCH3 is 1. The number of hydrogen-bond donors (Lipinski definition) is 3. The summed E-state index contributed by atoms with van der Waals surface area (Å²) in [5.41, 5.74) is 3.01. The zero-order valence-corrected chi connectivity index (χ0v) is 21.5. The SMILES string of the molecule is COc1ccc2c(c1)C(=O)N(C[C@@]1(c3ccc(-c4cc(C(=O)NC5CC5)cc(C)n4)cc3)NC(=O)NC1=O)C2. The minimum absolute atomic E-state index is 0.0477. The first-order valence-corrected chi connectivity index (χ1v) is 12.8. The Morgan fingerprint density at radius 2 is 1.87 bits per heavy atom. The van der Waals surface area contributed by atoms with Crippen molar-refractivity contribution in [3.8, 4) is 17.0 Å². The molecule has 1 saturated heterocycles. The van der Waals surface area contributed by atoms with Gasteiger partial charge >= 0.3 is 6.03 Å². The van der Waals surface area contributed by atoms with Crippen LogP contribution in [0, 0.1) is 6.92 Å². The zero-order valence-electron chi connectivity index (χ0n) is 21.5. The van der Waals surface area contributed by atoms with Gasteiger partial charge < -0.3 is 20.3 Å². The number of nitrogens with zero attached hydrogens (tertiary/aromatic N) is 2. The Kier molecular flexibility index (Phi) is 5.82. The van der Waals surface area contributed by atoms with Crippen molar-refractivity contribution in [1.29, 1.82) is 0 Å². The number of aryl methyl sites for hydroxylation is 1. The molecule has 39 heavy (non-hydrogen) atoms. The van der Waals surface area contributed by atoms with Crippen LogP contribution in [-0.4, -0.2) is 53.3 Å². The molecule has 0 radical (unpaired) electrons.